The molecule has 2 nitrogen and oxygen atoms in total. The molecule has 0 bridgehead atoms. The molecule has 0 amide bonds. The van der Waals surface area contributed by atoms with E-state index in [1.54, 1.807) is 33.4 Å². The molecule has 2 aliphatic heterocycles. The van der Waals surface area contributed by atoms with E-state index in [0.29, 0.717) is 11.8 Å². The van der Waals surface area contributed by atoms with Gasteiger partial charge in [0, 0.05) is 34.1 Å². The molecular weight excluding hydrogens is 832 g/mol. The van der Waals surface area contributed by atoms with E-state index in [0.717, 1.165) is 25.7 Å². The zero-order valence-electron chi connectivity index (χ0n) is 40.0. The smallest absolute Gasteiger partial charge is 0.252 e. The fraction of sp³-hybridized carbons (Fsp3) is 0.182. The zero-order chi connectivity index (χ0) is 45.8. The largest absolute Gasteiger partial charge is 0.311 e. The Hall–Kier alpha value is -7.36. The summed E-state index contributed by atoms with van der Waals surface area (Å²) in [6.45, 7) is 9.78. The summed E-state index contributed by atoms with van der Waals surface area (Å²) in [5.74, 6) is 0.865. The van der Waals surface area contributed by atoms with Crippen molar-refractivity contribution < 1.29 is 0 Å². The molecule has 69 heavy (non-hydrogen) atoms. The van der Waals surface area contributed by atoms with Crippen LogP contribution in [-0.2, 0) is 25.7 Å². The van der Waals surface area contributed by atoms with Gasteiger partial charge in [-0.25, -0.2) is 0 Å². The Balaban J connectivity index is 1.06. The van der Waals surface area contributed by atoms with Crippen LogP contribution in [0.3, 0.4) is 0 Å². The molecule has 0 fully saturated rings. The summed E-state index contributed by atoms with van der Waals surface area (Å²) in [5.41, 5.74) is 21.7. The fourth-order valence-corrected chi connectivity index (χ4v) is 14.2. The topological polar surface area (TPSA) is 6.48 Å². The van der Waals surface area contributed by atoms with Crippen molar-refractivity contribution in [2.45, 2.75) is 78.1 Å². The van der Waals surface area contributed by atoms with Crippen LogP contribution in [0.5, 0.6) is 0 Å². The lowest BCUT2D eigenvalue weighted by Crippen LogP contribution is -2.62. The van der Waals surface area contributed by atoms with Gasteiger partial charge in [-0.2, -0.15) is 0 Å². The Kier molecular flexibility index (Phi) is 8.37. The maximum atomic E-state index is 2.72. The van der Waals surface area contributed by atoms with E-state index in [1.807, 2.05) is 0 Å². The maximum absolute atomic E-state index is 2.72. The molecule has 0 spiro atoms. The number of nitrogens with zero attached hydrogens (tertiary/aromatic N) is 2. The van der Waals surface area contributed by atoms with Gasteiger partial charge >= 0.3 is 0 Å². The quantitative estimate of drug-likeness (QED) is 0.128. The van der Waals surface area contributed by atoms with E-state index in [2.05, 4.69) is 201 Å². The van der Waals surface area contributed by atoms with E-state index >= 15 is 0 Å². The van der Waals surface area contributed by atoms with Crippen LogP contribution in [0.15, 0.2) is 164 Å². The lowest BCUT2D eigenvalue weighted by atomic mass is 9.32. The van der Waals surface area contributed by atoms with Crippen LogP contribution in [0.2, 0.25) is 0 Å². The molecule has 0 aromatic heterocycles. The Labute approximate surface area is 404 Å². The molecule has 0 N–H and O–H groups in total. The highest BCUT2D eigenvalue weighted by molar-refractivity contribution is 7.00. The third kappa shape index (κ3) is 5.39. The van der Waals surface area contributed by atoms with Gasteiger partial charge in [-0.1, -0.05) is 155 Å². The summed E-state index contributed by atoms with van der Waals surface area (Å²) in [6.07, 6.45) is 6.92. The lowest BCUT2D eigenvalue weighted by Gasteiger charge is -2.46. The Bertz CT molecular complexity index is 3740. The SMILES string of the molecule is CC(C)c1cc2c(c3c1CCC3)N(c1ccc3c4ccccc4c4ccccc4c3c1)c1cccc3c1B2c1cc(C(C)C)c2c(c1N3c1ccc3c4ccccc4c4ccccc4c3c1)CCC2. The summed E-state index contributed by atoms with van der Waals surface area (Å²) in [7, 11) is 0. The van der Waals surface area contributed by atoms with Gasteiger partial charge in [-0.15, -0.1) is 0 Å². The van der Waals surface area contributed by atoms with Crippen molar-refractivity contribution in [3.8, 4) is 0 Å². The van der Waals surface area contributed by atoms with Crippen LogP contribution >= 0.6 is 0 Å². The predicted molar refractivity (Wildman–Crippen MR) is 298 cm³/mol. The molecule has 0 radical (unpaired) electrons. The highest BCUT2D eigenvalue weighted by Gasteiger charge is 2.47. The molecule has 4 aliphatic rings. The number of hydrogen-bond acceptors (Lipinski definition) is 2. The highest BCUT2D eigenvalue weighted by Crippen LogP contribution is 2.51. The molecule has 2 heterocycles. The zero-order valence-corrected chi connectivity index (χ0v) is 40.0. The molecule has 15 rings (SSSR count). The molecule has 0 saturated carbocycles. The minimum Gasteiger partial charge on any atom is -0.311 e. The van der Waals surface area contributed by atoms with Crippen molar-refractivity contribution in [3.05, 3.63) is 197 Å². The minimum absolute atomic E-state index is 0.0935. The van der Waals surface area contributed by atoms with E-state index in [-0.39, 0.29) is 6.71 Å². The molecule has 330 valence electrons. The Morgan fingerprint density at radius 3 is 1.04 bits per heavy atom. The number of fused-ring (bicyclic) bond motifs is 20. The van der Waals surface area contributed by atoms with Gasteiger partial charge < -0.3 is 9.80 Å². The van der Waals surface area contributed by atoms with Crippen LogP contribution in [0, 0.1) is 0 Å². The normalized spacial score (nSPS) is 14.8. The van der Waals surface area contributed by atoms with Gasteiger partial charge in [0.15, 0.2) is 0 Å². The van der Waals surface area contributed by atoms with E-state index in [1.165, 1.54) is 128 Å². The van der Waals surface area contributed by atoms with Crippen molar-refractivity contribution in [1.82, 2.24) is 0 Å². The number of benzene rings is 11. The molecule has 0 saturated heterocycles. The van der Waals surface area contributed by atoms with Crippen LogP contribution in [0.25, 0.3) is 64.6 Å². The number of hydrogen-bond donors (Lipinski definition) is 0. The van der Waals surface area contributed by atoms with Crippen LogP contribution in [0.4, 0.5) is 34.1 Å². The first-order valence-electron chi connectivity index (χ1n) is 25.7. The summed E-state index contributed by atoms with van der Waals surface area (Å²) >= 11 is 0. The van der Waals surface area contributed by atoms with Crippen molar-refractivity contribution in [2.24, 2.45) is 0 Å². The molecule has 11 aromatic rings. The van der Waals surface area contributed by atoms with E-state index in [9.17, 15) is 0 Å². The highest BCUT2D eigenvalue weighted by atomic mass is 15.2. The van der Waals surface area contributed by atoms with Crippen molar-refractivity contribution in [1.29, 1.82) is 0 Å². The maximum Gasteiger partial charge on any atom is 0.252 e. The van der Waals surface area contributed by atoms with E-state index < -0.39 is 0 Å². The van der Waals surface area contributed by atoms with Gasteiger partial charge in [0.25, 0.3) is 6.71 Å². The third-order valence-corrected chi connectivity index (χ3v) is 17.0. The molecular formula is C66H53BN2. The van der Waals surface area contributed by atoms with Crippen LogP contribution in [0.1, 0.15) is 85.8 Å². The first kappa shape index (κ1) is 39.6. The van der Waals surface area contributed by atoms with Gasteiger partial charge in [0.05, 0.1) is 0 Å². The Morgan fingerprint density at radius 2 is 0.681 bits per heavy atom. The van der Waals surface area contributed by atoms with Crippen LogP contribution in [-0.4, -0.2) is 6.71 Å². The average Bonchev–Trinajstić information content (AvgIpc) is 4.10. The van der Waals surface area contributed by atoms with Crippen molar-refractivity contribution >= 4 is 122 Å². The van der Waals surface area contributed by atoms with Gasteiger partial charge in [-0.3, -0.25) is 0 Å². The second-order valence-electron chi connectivity index (χ2n) is 21.2. The molecule has 0 unspecified atom stereocenters. The molecule has 2 aliphatic carbocycles. The van der Waals surface area contributed by atoms with Gasteiger partial charge in [-0.05, 0) is 201 Å². The average molecular weight is 885 g/mol. The van der Waals surface area contributed by atoms with Crippen LogP contribution < -0.4 is 26.2 Å². The fourth-order valence-electron chi connectivity index (χ4n) is 14.2. The first-order valence-corrected chi connectivity index (χ1v) is 25.7. The standard InChI is InChI=1S/C66H53BN2/c1-38(2)56-36-60-65(54-26-13-24-50(54)56)68(40-30-32-52-46-20-7-5-16-42(46)44-18-9-11-22-48(44)58(52)34-40)62-28-15-29-63-64(62)67(60)61-37-57(39(3)4)51-25-14-27-55(51)66(61)69(63)41-31-33-53-47-21-8-6-17-43(47)45-19-10-12-23-49(45)59(53)35-41/h5-12,15-23,28-39H,13-14,24-27H2,1-4H3. The predicted octanol–water partition coefficient (Wildman–Crippen LogP) is 15.9. The molecule has 3 heteroatoms. The van der Waals surface area contributed by atoms with Crippen molar-refractivity contribution in [3.63, 3.8) is 0 Å². The monoisotopic (exact) mass is 884 g/mol. The van der Waals surface area contributed by atoms with Gasteiger partial charge in [0.1, 0.15) is 0 Å². The minimum atomic E-state index is 0.0935. The number of anilines is 6. The van der Waals surface area contributed by atoms with Gasteiger partial charge in [0.2, 0.25) is 0 Å². The molecule has 11 aromatic carbocycles. The second-order valence-corrected chi connectivity index (χ2v) is 21.2. The molecule has 0 atom stereocenters. The summed E-state index contributed by atoms with van der Waals surface area (Å²) in [4.78, 5) is 5.45. The number of rotatable bonds is 4. The summed E-state index contributed by atoms with van der Waals surface area (Å²) in [5, 5.41) is 15.7. The van der Waals surface area contributed by atoms with E-state index in [4.69, 9.17) is 0 Å². The summed E-state index contributed by atoms with van der Waals surface area (Å²) in [6, 6.07) is 63.5. The van der Waals surface area contributed by atoms with Crippen molar-refractivity contribution in [2.75, 3.05) is 9.80 Å². The summed E-state index contributed by atoms with van der Waals surface area (Å²) < 4.78 is 0. The third-order valence-electron chi connectivity index (χ3n) is 17.0. The lowest BCUT2D eigenvalue weighted by molar-refractivity contribution is 0.839. The Morgan fingerprint density at radius 1 is 0.348 bits per heavy atom. The second kappa shape index (κ2) is 14.6. The first-order chi connectivity index (χ1) is 33.9.